The van der Waals surface area contributed by atoms with Crippen molar-refractivity contribution in [2.45, 2.75) is 13.3 Å². The number of nitrogens with one attached hydrogen (secondary N) is 1. The van der Waals surface area contributed by atoms with Crippen LogP contribution in [0, 0.1) is 6.92 Å². The summed E-state index contributed by atoms with van der Waals surface area (Å²) in [7, 11) is 3.57. The number of hydrogen-bond donors (Lipinski definition) is 1. The Hall–Kier alpha value is -1.20. The van der Waals surface area contributed by atoms with Gasteiger partial charge in [-0.25, -0.2) is 9.97 Å². The van der Waals surface area contributed by atoms with Crippen molar-refractivity contribution in [3.05, 3.63) is 16.8 Å². The molecule has 0 bridgehead atoms. The number of nitrogens with zero attached hydrogens (tertiary/aromatic N) is 2. The molecule has 0 unspecified atom stereocenters. The number of thiophene rings is 1. The van der Waals surface area contributed by atoms with Gasteiger partial charge in [0, 0.05) is 25.5 Å². The minimum Gasteiger partial charge on any atom is -0.384 e. The average Bonchev–Trinajstić information content (AvgIpc) is 2.65. The molecule has 1 N–H and O–H groups in total. The maximum Gasteiger partial charge on any atom is 0.138 e. The largest absolute Gasteiger partial charge is 0.384 e. The third-order valence-electron chi connectivity index (χ3n) is 2.33. The number of methoxy groups -OCH3 is 1. The van der Waals surface area contributed by atoms with E-state index in [9.17, 15) is 0 Å². The molecule has 0 aliphatic carbocycles. The first-order valence-corrected chi connectivity index (χ1v) is 6.00. The molecule has 0 radical (unpaired) electrons. The van der Waals surface area contributed by atoms with Gasteiger partial charge in [-0.3, -0.25) is 0 Å². The van der Waals surface area contributed by atoms with Crippen molar-refractivity contribution in [1.29, 1.82) is 0 Å². The Morgan fingerprint density at radius 1 is 1.44 bits per heavy atom. The van der Waals surface area contributed by atoms with Gasteiger partial charge in [-0.2, -0.15) is 0 Å². The highest BCUT2D eigenvalue weighted by atomic mass is 32.1. The minimum absolute atomic E-state index is 0.652. The van der Waals surface area contributed by atoms with E-state index >= 15 is 0 Å². The third kappa shape index (κ3) is 2.15. The molecular weight excluding hydrogens is 222 g/mol. The molecule has 0 saturated carbocycles. The van der Waals surface area contributed by atoms with Crippen molar-refractivity contribution >= 4 is 27.4 Å². The maximum absolute atomic E-state index is 5.04. The molecule has 2 rings (SSSR count). The van der Waals surface area contributed by atoms with E-state index in [2.05, 4.69) is 28.3 Å². The predicted molar refractivity (Wildman–Crippen MR) is 67.3 cm³/mol. The van der Waals surface area contributed by atoms with Gasteiger partial charge >= 0.3 is 0 Å². The molecule has 0 saturated heterocycles. The van der Waals surface area contributed by atoms with Crippen LogP contribution in [0.2, 0.25) is 0 Å². The molecule has 4 nitrogen and oxygen atoms in total. The van der Waals surface area contributed by atoms with Crippen molar-refractivity contribution in [1.82, 2.24) is 9.97 Å². The van der Waals surface area contributed by atoms with Gasteiger partial charge in [0.15, 0.2) is 0 Å². The molecule has 16 heavy (non-hydrogen) atoms. The van der Waals surface area contributed by atoms with Gasteiger partial charge < -0.3 is 10.1 Å². The first kappa shape index (κ1) is 11.3. The van der Waals surface area contributed by atoms with Crippen LogP contribution in [0.3, 0.4) is 0 Å². The highest BCUT2D eigenvalue weighted by molar-refractivity contribution is 7.18. The molecule has 0 aliphatic rings. The van der Waals surface area contributed by atoms with Crippen LogP contribution in [0.5, 0.6) is 0 Å². The van der Waals surface area contributed by atoms with Crippen LogP contribution in [-0.2, 0) is 11.2 Å². The molecule has 0 fully saturated rings. The SMILES string of the molecule is CNc1nc(CCOC)nc2sc(C)cc12. The highest BCUT2D eigenvalue weighted by Gasteiger charge is 2.09. The Bertz CT molecular complexity index is 495. The van der Waals surface area contributed by atoms with E-state index < -0.39 is 0 Å². The summed E-state index contributed by atoms with van der Waals surface area (Å²) in [6, 6.07) is 2.12. The average molecular weight is 237 g/mol. The monoisotopic (exact) mass is 237 g/mol. The lowest BCUT2D eigenvalue weighted by Crippen LogP contribution is -2.03. The van der Waals surface area contributed by atoms with Gasteiger partial charge in [-0.05, 0) is 13.0 Å². The van der Waals surface area contributed by atoms with Gasteiger partial charge in [0.25, 0.3) is 0 Å². The van der Waals surface area contributed by atoms with E-state index in [1.54, 1.807) is 18.4 Å². The molecule has 86 valence electrons. The van der Waals surface area contributed by atoms with Crippen LogP contribution < -0.4 is 5.32 Å². The Morgan fingerprint density at radius 2 is 2.25 bits per heavy atom. The molecule has 2 heterocycles. The van der Waals surface area contributed by atoms with Crippen LogP contribution >= 0.6 is 11.3 Å². The van der Waals surface area contributed by atoms with Crippen molar-refractivity contribution < 1.29 is 4.74 Å². The molecule has 2 aromatic heterocycles. The summed E-state index contributed by atoms with van der Waals surface area (Å²) in [4.78, 5) is 11.3. The second kappa shape index (κ2) is 4.76. The van der Waals surface area contributed by atoms with Gasteiger partial charge in [0.1, 0.15) is 16.5 Å². The van der Waals surface area contributed by atoms with Crippen LogP contribution in [0.4, 0.5) is 5.82 Å². The number of anilines is 1. The number of rotatable bonds is 4. The summed E-state index contributed by atoms with van der Waals surface area (Å²) < 4.78 is 5.04. The fraction of sp³-hybridized carbons (Fsp3) is 0.455. The van der Waals surface area contributed by atoms with Crippen LogP contribution in [0.1, 0.15) is 10.7 Å². The zero-order valence-corrected chi connectivity index (χ0v) is 10.5. The number of ether oxygens (including phenoxy) is 1. The van der Waals surface area contributed by atoms with Gasteiger partial charge in [-0.15, -0.1) is 11.3 Å². The van der Waals surface area contributed by atoms with Crippen LogP contribution in [-0.4, -0.2) is 30.7 Å². The standard InChI is InChI=1S/C11H15N3OS/c1-7-6-8-10(12-2)13-9(4-5-15-3)14-11(8)16-7/h6H,4-5H2,1-3H3,(H,12,13,14). The lowest BCUT2D eigenvalue weighted by Gasteiger charge is -2.04. The summed E-state index contributed by atoms with van der Waals surface area (Å²) in [5.74, 6) is 1.74. The topological polar surface area (TPSA) is 47.0 Å². The van der Waals surface area contributed by atoms with Crippen LogP contribution in [0.25, 0.3) is 10.2 Å². The first-order chi connectivity index (χ1) is 7.74. The number of aryl methyl sites for hydroxylation is 1. The normalized spacial score (nSPS) is 10.9. The lowest BCUT2D eigenvalue weighted by atomic mass is 10.3. The molecule has 0 spiro atoms. The smallest absolute Gasteiger partial charge is 0.138 e. The molecule has 2 aromatic rings. The molecule has 0 amide bonds. The highest BCUT2D eigenvalue weighted by Crippen LogP contribution is 2.28. The Balaban J connectivity index is 2.45. The fourth-order valence-electron chi connectivity index (χ4n) is 1.58. The summed E-state index contributed by atoms with van der Waals surface area (Å²) in [6.45, 7) is 2.74. The van der Waals surface area contributed by atoms with E-state index in [-0.39, 0.29) is 0 Å². The zero-order chi connectivity index (χ0) is 11.5. The molecule has 0 atom stereocenters. The van der Waals surface area contributed by atoms with E-state index in [0.29, 0.717) is 6.61 Å². The van der Waals surface area contributed by atoms with Crippen molar-refractivity contribution in [2.75, 3.05) is 26.1 Å². The van der Waals surface area contributed by atoms with E-state index in [0.717, 1.165) is 28.3 Å². The van der Waals surface area contributed by atoms with E-state index in [1.165, 1.54) is 4.88 Å². The number of aromatic nitrogens is 2. The molecular formula is C11H15N3OS. The summed E-state index contributed by atoms with van der Waals surface area (Å²) in [5, 5.41) is 4.22. The van der Waals surface area contributed by atoms with Gasteiger partial charge in [-0.1, -0.05) is 0 Å². The second-order valence-electron chi connectivity index (χ2n) is 3.56. The zero-order valence-electron chi connectivity index (χ0n) is 9.70. The number of hydrogen-bond acceptors (Lipinski definition) is 5. The Labute approximate surface area is 98.7 Å². The predicted octanol–water partition coefficient (Wildman–Crippen LogP) is 2.23. The summed E-state index contributed by atoms with van der Waals surface area (Å²) >= 11 is 1.70. The summed E-state index contributed by atoms with van der Waals surface area (Å²) in [6.07, 6.45) is 0.748. The van der Waals surface area contributed by atoms with Crippen LogP contribution in [0.15, 0.2) is 6.07 Å². The molecule has 0 aromatic carbocycles. The van der Waals surface area contributed by atoms with E-state index in [4.69, 9.17) is 4.74 Å². The Morgan fingerprint density at radius 3 is 2.94 bits per heavy atom. The third-order valence-corrected chi connectivity index (χ3v) is 3.27. The quantitative estimate of drug-likeness (QED) is 0.885. The number of fused-ring (bicyclic) bond motifs is 1. The fourth-order valence-corrected chi connectivity index (χ4v) is 2.48. The molecule has 5 heteroatoms. The summed E-state index contributed by atoms with van der Waals surface area (Å²) in [5.41, 5.74) is 0. The second-order valence-corrected chi connectivity index (χ2v) is 4.79. The first-order valence-electron chi connectivity index (χ1n) is 5.18. The van der Waals surface area contributed by atoms with Crippen molar-refractivity contribution in [3.63, 3.8) is 0 Å². The minimum atomic E-state index is 0.652. The lowest BCUT2D eigenvalue weighted by molar-refractivity contribution is 0.200. The maximum atomic E-state index is 5.04. The van der Waals surface area contributed by atoms with Gasteiger partial charge in [0.05, 0.1) is 12.0 Å². The Kier molecular flexibility index (Phi) is 3.36. The van der Waals surface area contributed by atoms with Gasteiger partial charge in [0.2, 0.25) is 0 Å². The van der Waals surface area contributed by atoms with Crippen molar-refractivity contribution in [3.8, 4) is 0 Å². The van der Waals surface area contributed by atoms with Crippen molar-refractivity contribution in [2.24, 2.45) is 0 Å². The molecule has 0 aliphatic heterocycles. The van der Waals surface area contributed by atoms with E-state index in [1.807, 2.05) is 7.05 Å².